The highest BCUT2D eigenvalue weighted by Gasteiger charge is 2.23. The van der Waals surface area contributed by atoms with Crippen LogP contribution in [0.25, 0.3) is 0 Å². The summed E-state index contributed by atoms with van der Waals surface area (Å²) in [6, 6.07) is 0. The molecule has 3 unspecified atom stereocenters. The second kappa shape index (κ2) is 4.74. The van der Waals surface area contributed by atoms with Gasteiger partial charge in [-0.05, 0) is 20.8 Å². The summed E-state index contributed by atoms with van der Waals surface area (Å²) in [6.07, 6.45) is -2.40. The lowest BCUT2D eigenvalue weighted by molar-refractivity contribution is -0.237. The van der Waals surface area contributed by atoms with Crippen molar-refractivity contribution >= 4 is 0 Å². The van der Waals surface area contributed by atoms with Crippen molar-refractivity contribution in [1.29, 1.82) is 0 Å². The molecule has 0 fully saturated rings. The van der Waals surface area contributed by atoms with Crippen LogP contribution in [0.15, 0.2) is 0 Å². The molecule has 12 heavy (non-hydrogen) atoms. The highest BCUT2D eigenvalue weighted by atomic mass is 16.4. The van der Waals surface area contributed by atoms with Gasteiger partial charge in [0.1, 0.15) is 18.7 Å². The standard InChI is InChI=1S/C7H18N2O3/c1-5(10)8(4)9(6(2)11)7(3)12/h5-7,10-12H,1-4H3. The summed E-state index contributed by atoms with van der Waals surface area (Å²) in [5.41, 5.74) is 0. The lowest BCUT2D eigenvalue weighted by Crippen LogP contribution is -2.53. The predicted molar refractivity (Wildman–Crippen MR) is 44.6 cm³/mol. The molecule has 0 aromatic rings. The van der Waals surface area contributed by atoms with Gasteiger partial charge < -0.3 is 15.3 Å². The Balaban J connectivity index is 4.30. The molecule has 5 heteroatoms. The summed E-state index contributed by atoms with van der Waals surface area (Å²) in [5, 5.41) is 30.2. The van der Waals surface area contributed by atoms with Gasteiger partial charge in [-0.15, -0.1) is 0 Å². The molecule has 0 bridgehead atoms. The molecule has 0 saturated carbocycles. The van der Waals surface area contributed by atoms with Gasteiger partial charge in [0.15, 0.2) is 0 Å². The lowest BCUT2D eigenvalue weighted by atomic mass is 10.5. The Labute approximate surface area is 72.8 Å². The minimum atomic E-state index is -0.829. The van der Waals surface area contributed by atoms with Gasteiger partial charge in [0.05, 0.1) is 0 Å². The SMILES string of the molecule is CC(O)N(C)N(C(C)O)C(C)O. The molecule has 0 saturated heterocycles. The number of aliphatic hydroxyl groups excluding tert-OH is 3. The molecule has 3 atom stereocenters. The Morgan fingerprint density at radius 2 is 1.17 bits per heavy atom. The summed E-state index contributed by atoms with van der Waals surface area (Å²) >= 11 is 0. The summed E-state index contributed by atoms with van der Waals surface area (Å²) in [7, 11) is 1.59. The van der Waals surface area contributed by atoms with Gasteiger partial charge >= 0.3 is 0 Å². The van der Waals surface area contributed by atoms with Crippen LogP contribution in [0.4, 0.5) is 0 Å². The third kappa shape index (κ3) is 3.04. The molecule has 0 aliphatic heterocycles. The molecule has 0 aromatic heterocycles. The Morgan fingerprint density at radius 3 is 1.25 bits per heavy atom. The Hall–Kier alpha value is -0.200. The molecule has 74 valence electrons. The smallest absolute Gasteiger partial charge is 0.120 e. The highest BCUT2D eigenvalue weighted by molar-refractivity contribution is 4.56. The maximum absolute atomic E-state index is 9.22. The number of hydrazine groups is 1. The molecular weight excluding hydrogens is 160 g/mol. The molecule has 0 aromatic carbocycles. The molecule has 5 nitrogen and oxygen atoms in total. The third-order valence-corrected chi connectivity index (χ3v) is 1.67. The molecule has 0 heterocycles. The normalized spacial score (nSPS) is 19.8. The van der Waals surface area contributed by atoms with Crippen molar-refractivity contribution in [2.75, 3.05) is 7.05 Å². The van der Waals surface area contributed by atoms with E-state index in [0.29, 0.717) is 0 Å². The zero-order chi connectivity index (χ0) is 9.89. The van der Waals surface area contributed by atoms with Crippen LogP contribution in [0.5, 0.6) is 0 Å². The van der Waals surface area contributed by atoms with E-state index >= 15 is 0 Å². The van der Waals surface area contributed by atoms with Crippen molar-refractivity contribution in [2.45, 2.75) is 39.5 Å². The fourth-order valence-electron chi connectivity index (χ4n) is 1.03. The first-order chi connectivity index (χ1) is 5.37. The molecular formula is C7H18N2O3. The van der Waals surface area contributed by atoms with Gasteiger partial charge in [-0.1, -0.05) is 0 Å². The quantitative estimate of drug-likeness (QED) is 0.386. The first-order valence-corrected chi connectivity index (χ1v) is 3.93. The molecule has 0 rings (SSSR count). The number of hydrogen-bond donors (Lipinski definition) is 3. The van der Waals surface area contributed by atoms with Crippen molar-refractivity contribution in [3.05, 3.63) is 0 Å². The van der Waals surface area contributed by atoms with Crippen molar-refractivity contribution in [1.82, 2.24) is 10.0 Å². The van der Waals surface area contributed by atoms with E-state index in [4.69, 9.17) is 5.11 Å². The molecule has 0 amide bonds. The Bertz CT molecular complexity index is 120. The average Bonchev–Trinajstić information content (AvgIpc) is 1.85. The second-order valence-corrected chi connectivity index (χ2v) is 2.85. The molecule has 0 aliphatic rings. The van der Waals surface area contributed by atoms with Crippen molar-refractivity contribution < 1.29 is 15.3 Å². The average molecular weight is 178 g/mol. The summed E-state index contributed by atoms with van der Waals surface area (Å²) in [4.78, 5) is 0. The molecule has 3 N–H and O–H groups in total. The first kappa shape index (κ1) is 11.8. The number of aliphatic hydroxyl groups is 3. The van der Waals surface area contributed by atoms with Gasteiger partial charge in [-0.3, -0.25) is 0 Å². The monoisotopic (exact) mass is 178 g/mol. The second-order valence-electron chi connectivity index (χ2n) is 2.85. The topological polar surface area (TPSA) is 67.2 Å². The van der Waals surface area contributed by atoms with E-state index in [-0.39, 0.29) is 0 Å². The van der Waals surface area contributed by atoms with E-state index in [0.717, 1.165) is 0 Å². The van der Waals surface area contributed by atoms with Gasteiger partial charge in [0, 0.05) is 7.05 Å². The number of nitrogens with zero attached hydrogens (tertiary/aromatic N) is 2. The van der Waals surface area contributed by atoms with Gasteiger partial charge in [-0.2, -0.15) is 5.01 Å². The molecule has 0 radical (unpaired) electrons. The number of hydrogen-bond acceptors (Lipinski definition) is 5. The zero-order valence-corrected chi connectivity index (χ0v) is 7.97. The van der Waals surface area contributed by atoms with E-state index in [1.807, 2.05) is 0 Å². The van der Waals surface area contributed by atoms with E-state index in [1.165, 1.54) is 23.9 Å². The largest absolute Gasteiger partial charge is 0.377 e. The Kier molecular flexibility index (Phi) is 4.66. The first-order valence-electron chi connectivity index (χ1n) is 3.93. The van der Waals surface area contributed by atoms with E-state index in [1.54, 1.807) is 14.0 Å². The fourth-order valence-corrected chi connectivity index (χ4v) is 1.03. The van der Waals surface area contributed by atoms with Crippen LogP contribution in [0, 0.1) is 0 Å². The number of rotatable bonds is 4. The predicted octanol–water partition coefficient (Wildman–Crippen LogP) is -0.850. The zero-order valence-electron chi connectivity index (χ0n) is 7.97. The van der Waals surface area contributed by atoms with Crippen LogP contribution in [0.3, 0.4) is 0 Å². The minimum absolute atomic E-state index is 0.741. The highest BCUT2D eigenvalue weighted by Crippen LogP contribution is 2.06. The van der Waals surface area contributed by atoms with Crippen LogP contribution in [0.2, 0.25) is 0 Å². The maximum atomic E-state index is 9.22. The third-order valence-electron chi connectivity index (χ3n) is 1.67. The molecule has 0 spiro atoms. The van der Waals surface area contributed by atoms with Gasteiger partial charge in [-0.25, -0.2) is 5.01 Å². The van der Waals surface area contributed by atoms with Crippen LogP contribution < -0.4 is 0 Å². The lowest BCUT2D eigenvalue weighted by Gasteiger charge is -2.37. The van der Waals surface area contributed by atoms with Crippen LogP contribution in [-0.2, 0) is 0 Å². The van der Waals surface area contributed by atoms with Gasteiger partial charge in [0.2, 0.25) is 0 Å². The maximum Gasteiger partial charge on any atom is 0.120 e. The molecule has 0 aliphatic carbocycles. The summed E-state index contributed by atoms with van der Waals surface area (Å²) < 4.78 is 0. The van der Waals surface area contributed by atoms with Crippen molar-refractivity contribution in [3.63, 3.8) is 0 Å². The van der Waals surface area contributed by atoms with Crippen molar-refractivity contribution in [3.8, 4) is 0 Å². The Morgan fingerprint density at radius 1 is 0.833 bits per heavy atom. The van der Waals surface area contributed by atoms with Crippen LogP contribution in [-0.4, -0.2) is 51.1 Å². The van der Waals surface area contributed by atoms with Crippen LogP contribution in [0.1, 0.15) is 20.8 Å². The van der Waals surface area contributed by atoms with Gasteiger partial charge in [0.25, 0.3) is 0 Å². The fraction of sp³-hybridized carbons (Fsp3) is 1.00. The van der Waals surface area contributed by atoms with Crippen molar-refractivity contribution in [2.24, 2.45) is 0 Å². The van der Waals surface area contributed by atoms with E-state index < -0.39 is 18.7 Å². The summed E-state index contributed by atoms with van der Waals surface area (Å²) in [6.45, 7) is 4.59. The summed E-state index contributed by atoms with van der Waals surface area (Å²) in [5.74, 6) is 0. The van der Waals surface area contributed by atoms with E-state index in [9.17, 15) is 10.2 Å². The van der Waals surface area contributed by atoms with E-state index in [2.05, 4.69) is 0 Å². The minimum Gasteiger partial charge on any atom is -0.377 e. The van der Waals surface area contributed by atoms with Crippen LogP contribution >= 0.6 is 0 Å².